The van der Waals surface area contributed by atoms with Gasteiger partial charge in [0.05, 0.1) is 19.8 Å². The normalized spacial score (nSPS) is 17.2. The topological polar surface area (TPSA) is 41.6 Å². The highest BCUT2D eigenvalue weighted by molar-refractivity contribution is 8.00. The number of amides is 1. The van der Waals surface area contributed by atoms with Gasteiger partial charge in [-0.2, -0.15) is 13.2 Å². The zero-order valence-corrected chi connectivity index (χ0v) is 10.1. The van der Waals surface area contributed by atoms with Crippen LogP contribution in [0.1, 0.15) is 0 Å². The van der Waals surface area contributed by atoms with E-state index >= 15 is 0 Å². The van der Waals surface area contributed by atoms with E-state index in [1.165, 1.54) is 0 Å². The molecule has 0 saturated carbocycles. The van der Waals surface area contributed by atoms with Gasteiger partial charge in [0.15, 0.2) is 0 Å². The van der Waals surface area contributed by atoms with Crippen LogP contribution in [0.4, 0.5) is 13.2 Å². The lowest BCUT2D eigenvalue weighted by molar-refractivity contribution is -0.134. The Bertz CT molecular complexity index is 245. The Balaban J connectivity index is 2.04. The molecule has 1 heterocycles. The first-order chi connectivity index (χ1) is 7.99. The SMILES string of the molecule is O=C(CNCCSC(F)(F)F)N1CCOCC1. The Morgan fingerprint density at radius 3 is 2.59 bits per heavy atom. The summed E-state index contributed by atoms with van der Waals surface area (Å²) in [5.74, 6) is -0.176. The number of nitrogens with one attached hydrogen (secondary N) is 1. The van der Waals surface area contributed by atoms with Gasteiger partial charge >= 0.3 is 5.51 Å². The average Bonchev–Trinajstić information content (AvgIpc) is 2.28. The Morgan fingerprint density at radius 1 is 1.35 bits per heavy atom. The van der Waals surface area contributed by atoms with Crippen LogP contribution in [0.2, 0.25) is 0 Å². The van der Waals surface area contributed by atoms with Gasteiger partial charge in [-0.15, -0.1) is 0 Å². The van der Waals surface area contributed by atoms with Gasteiger partial charge in [0.2, 0.25) is 5.91 Å². The number of ether oxygens (including phenoxy) is 1. The smallest absolute Gasteiger partial charge is 0.378 e. The molecule has 0 bridgehead atoms. The van der Waals surface area contributed by atoms with Gasteiger partial charge in [-0.1, -0.05) is 0 Å². The maximum Gasteiger partial charge on any atom is 0.441 e. The van der Waals surface area contributed by atoms with Crippen molar-refractivity contribution in [1.82, 2.24) is 10.2 Å². The Morgan fingerprint density at radius 2 is 2.00 bits per heavy atom. The lowest BCUT2D eigenvalue weighted by Gasteiger charge is -2.26. The summed E-state index contributed by atoms with van der Waals surface area (Å²) in [7, 11) is 0. The van der Waals surface area contributed by atoms with Crippen molar-refractivity contribution < 1.29 is 22.7 Å². The predicted octanol–water partition coefficient (Wildman–Crippen LogP) is 0.688. The summed E-state index contributed by atoms with van der Waals surface area (Å²) in [4.78, 5) is 13.2. The van der Waals surface area contributed by atoms with E-state index < -0.39 is 5.51 Å². The van der Waals surface area contributed by atoms with Crippen molar-refractivity contribution in [3.63, 3.8) is 0 Å². The van der Waals surface area contributed by atoms with Crippen molar-refractivity contribution in [2.75, 3.05) is 45.1 Å². The third-order valence-corrected chi connectivity index (χ3v) is 2.92. The van der Waals surface area contributed by atoms with Crippen molar-refractivity contribution in [3.05, 3.63) is 0 Å². The Hall–Kier alpha value is -0.470. The molecule has 1 rings (SSSR count). The monoisotopic (exact) mass is 272 g/mol. The van der Waals surface area contributed by atoms with E-state index in [4.69, 9.17) is 4.74 Å². The second-order valence-electron chi connectivity index (χ2n) is 3.46. The molecule has 17 heavy (non-hydrogen) atoms. The number of hydrogen-bond acceptors (Lipinski definition) is 4. The summed E-state index contributed by atoms with van der Waals surface area (Å²) in [6.45, 7) is 2.40. The number of carbonyl (C=O) groups excluding carboxylic acids is 1. The van der Waals surface area contributed by atoms with Gasteiger partial charge in [-0.3, -0.25) is 4.79 Å². The van der Waals surface area contributed by atoms with Gasteiger partial charge in [-0.05, 0) is 11.8 Å². The largest absolute Gasteiger partial charge is 0.441 e. The van der Waals surface area contributed by atoms with Gasteiger partial charge in [0.25, 0.3) is 0 Å². The maximum absolute atomic E-state index is 11.8. The number of hydrogen-bond donors (Lipinski definition) is 1. The van der Waals surface area contributed by atoms with Gasteiger partial charge < -0.3 is 15.0 Å². The van der Waals surface area contributed by atoms with Crippen LogP contribution in [0, 0.1) is 0 Å². The fraction of sp³-hybridized carbons (Fsp3) is 0.889. The van der Waals surface area contributed by atoms with Crippen molar-refractivity contribution in [3.8, 4) is 0 Å². The minimum Gasteiger partial charge on any atom is -0.378 e. The van der Waals surface area contributed by atoms with Crippen LogP contribution < -0.4 is 5.32 Å². The lowest BCUT2D eigenvalue weighted by Crippen LogP contribution is -2.45. The standard InChI is InChI=1S/C9H15F3N2O2S/c10-9(11,12)17-6-1-13-7-8(15)14-2-4-16-5-3-14/h13H,1-7H2. The highest BCUT2D eigenvalue weighted by atomic mass is 32.2. The molecule has 0 atom stereocenters. The van der Waals surface area contributed by atoms with Gasteiger partial charge in [-0.25, -0.2) is 0 Å². The molecule has 1 N–H and O–H groups in total. The van der Waals surface area contributed by atoms with Crippen LogP contribution in [-0.4, -0.2) is 61.5 Å². The minimum absolute atomic E-state index is 0.0818. The van der Waals surface area contributed by atoms with E-state index in [-0.39, 0.29) is 36.5 Å². The molecule has 1 amide bonds. The highest BCUT2D eigenvalue weighted by Crippen LogP contribution is 2.29. The first-order valence-electron chi connectivity index (χ1n) is 5.26. The van der Waals surface area contributed by atoms with Gasteiger partial charge in [0.1, 0.15) is 0 Å². The third-order valence-electron chi connectivity index (χ3n) is 2.18. The van der Waals surface area contributed by atoms with Crippen LogP contribution in [0.3, 0.4) is 0 Å². The third kappa shape index (κ3) is 6.75. The molecular weight excluding hydrogens is 257 g/mol. The van der Waals surface area contributed by atoms with Crippen LogP contribution in [0.25, 0.3) is 0 Å². The minimum atomic E-state index is -4.20. The summed E-state index contributed by atoms with van der Waals surface area (Å²) in [6.07, 6.45) is 0. The molecule has 1 saturated heterocycles. The first-order valence-corrected chi connectivity index (χ1v) is 6.24. The van der Waals surface area contributed by atoms with E-state index in [2.05, 4.69) is 5.32 Å². The van der Waals surface area contributed by atoms with Gasteiger partial charge in [0, 0.05) is 25.4 Å². The van der Waals surface area contributed by atoms with Crippen molar-refractivity contribution >= 4 is 17.7 Å². The first kappa shape index (κ1) is 14.6. The number of carbonyl (C=O) groups is 1. The van der Waals surface area contributed by atoms with Crippen LogP contribution in [0.15, 0.2) is 0 Å². The van der Waals surface area contributed by atoms with E-state index in [0.717, 1.165) is 0 Å². The molecule has 0 radical (unpaired) electrons. The predicted molar refractivity (Wildman–Crippen MR) is 58.8 cm³/mol. The van der Waals surface area contributed by atoms with E-state index in [1.54, 1.807) is 4.90 Å². The number of thioether (sulfide) groups is 1. The number of morpholine rings is 1. The zero-order chi connectivity index (χ0) is 12.7. The highest BCUT2D eigenvalue weighted by Gasteiger charge is 2.27. The summed E-state index contributed by atoms with van der Waals surface area (Å²) in [5.41, 5.74) is -4.20. The van der Waals surface area contributed by atoms with E-state index in [9.17, 15) is 18.0 Å². The molecule has 0 aromatic rings. The zero-order valence-electron chi connectivity index (χ0n) is 9.26. The maximum atomic E-state index is 11.8. The molecule has 4 nitrogen and oxygen atoms in total. The number of halogens is 3. The van der Waals surface area contributed by atoms with E-state index in [1.807, 2.05) is 0 Å². The molecule has 0 aromatic carbocycles. The van der Waals surface area contributed by atoms with Crippen LogP contribution >= 0.6 is 11.8 Å². The van der Waals surface area contributed by atoms with Crippen LogP contribution in [-0.2, 0) is 9.53 Å². The molecule has 0 unspecified atom stereocenters. The van der Waals surface area contributed by atoms with Crippen molar-refractivity contribution in [1.29, 1.82) is 0 Å². The molecule has 0 aliphatic carbocycles. The van der Waals surface area contributed by atoms with E-state index in [0.29, 0.717) is 26.3 Å². The number of nitrogens with zero attached hydrogens (tertiary/aromatic N) is 1. The quantitative estimate of drug-likeness (QED) is 0.748. The van der Waals surface area contributed by atoms with Crippen molar-refractivity contribution in [2.45, 2.75) is 5.51 Å². The van der Waals surface area contributed by atoms with Crippen molar-refractivity contribution in [2.24, 2.45) is 0 Å². The molecule has 1 aliphatic heterocycles. The molecule has 1 fully saturated rings. The molecular formula is C9H15F3N2O2S. The summed E-state index contributed by atoms with van der Waals surface area (Å²) in [5, 5.41) is 2.70. The molecule has 100 valence electrons. The number of rotatable bonds is 5. The summed E-state index contributed by atoms with van der Waals surface area (Å²) >= 11 is -0.0866. The number of alkyl halides is 3. The lowest BCUT2D eigenvalue weighted by atomic mass is 10.4. The summed E-state index contributed by atoms with van der Waals surface area (Å²) in [6, 6.07) is 0. The summed E-state index contributed by atoms with van der Waals surface area (Å²) < 4.78 is 40.4. The fourth-order valence-electron chi connectivity index (χ4n) is 1.36. The fourth-order valence-corrected chi connectivity index (χ4v) is 1.84. The molecule has 1 aliphatic rings. The molecule has 8 heteroatoms. The average molecular weight is 272 g/mol. The van der Waals surface area contributed by atoms with Crippen LogP contribution in [0.5, 0.6) is 0 Å². The molecule has 0 aromatic heterocycles. The Labute approximate surface area is 102 Å². The molecule has 0 spiro atoms. The Kier molecular flexibility index (Phi) is 6.07. The second-order valence-corrected chi connectivity index (χ2v) is 4.62. The second kappa shape index (κ2) is 7.07.